The molecule has 0 fully saturated rings. The van der Waals surface area contributed by atoms with Gasteiger partial charge >= 0.3 is 5.97 Å². The second-order valence-electron chi connectivity index (χ2n) is 26.4. The Morgan fingerprint density at radius 2 is 0.561 bits per heavy atom. The number of ether oxygens (including phenoxy) is 1. The molecule has 0 saturated heterocycles. The molecule has 488 valence electrons. The van der Waals surface area contributed by atoms with Crippen LogP contribution in [0.25, 0.3) is 0 Å². The molecule has 0 rings (SSSR count). The molecule has 0 aromatic heterocycles. The van der Waals surface area contributed by atoms with Crippen LogP contribution in [0.3, 0.4) is 0 Å². The van der Waals surface area contributed by atoms with E-state index in [0.717, 1.165) is 38.5 Å². The van der Waals surface area contributed by atoms with Crippen molar-refractivity contribution in [3.8, 4) is 0 Å². The summed E-state index contributed by atoms with van der Waals surface area (Å²) in [6.45, 7) is 4.96. The van der Waals surface area contributed by atoms with Gasteiger partial charge in [0, 0.05) is 12.8 Å². The third-order valence-electron chi connectivity index (χ3n) is 18.1. The lowest BCUT2D eigenvalue weighted by molar-refractivity contribution is -0.143. The van der Waals surface area contributed by atoms with E-state index in [1.807, 2.05) is 6.08 Å². The van der Waals surface area contributed by atoms with Gasteiger partial charge in [-0.1, -0.05) is 405 Å². The molecule has 0 aromatic carbocycles. The molecule has 82 heavy (non-hydrogen) atoms. The summed E-state index contributed by atoms with van der Waals surface area (Å²) in [7, 11) is 0. The number of carbonyl (C=O) groups excluding carboxylic acids is 2. The third-order valence-corrected chi connectivity index (χ3v) is 18.1. The van der Waals surface area contributed by atoms with Crippen molar-refractivity contribution >= 4 is 11.9 Å². The van der Waals surface area contributed by atoms with Crippen molar-refractivity contribution < 1.29 is 24.5 Å². The number of carbonyl (C=O) groups is 2. The smallest absolute Gasteiger partial charge is 0.305 e. The highest BCUT2D eigenvalue weighted by Gasteiger charge is 2.18. The standard InChI is InChI=1S/C76H149NO5/c1-3-5-7-9-11-13-15-17-19-20-21-22-23-25-28-31-34-37-41-44-48-52-56-60-64-68-74(79)73(72-78)77-75(80)69-65-61-57-53-49-45-42-38-35-32-29-26-24-27-30-33-36-39-43-47-51-55-59-63-67-71-82-76(81)70-66-62-58-54-50-46-40-18-16-14-12-10-8-6-4-2/h64,68,73-74,78-79H,3-63,65-67,69-72H2,1-2H3,(H,77,80)/b68-64+. The van der Waals surface area contributed by atoms with Gasteiger partial charge in [-0.2, -0.15) is 0 Å². The summed E-state index contributed by atoms with van der Waals surface area (Å²) in [6, 6.07) is -0.627. The van der Waals surface area contributed by atoms with Gasteiger partial charge in [-0.05, 0) is 32.1 Å². The van der Waals surface area contributed by atoms with Gasteiger partial charge in [-0.3, -0.25) is 9.59 Å². The maximum Gasteiger partial charge on any atom is 0.305 e. The average molecular weight is 1160 g/mol. The molecule has 6 nitrogen and oxygen atoms in total. The summed E-state index contributed by atoms with van der Waals surface area (Å²) in [5.74, 6) is -0.0403. The van der Waals surface area contributed by atoms with Crippen LogP contribution in [0.1, 0.15) is 438 Å². The monoisotopic (exact) mass is 1160 g/mol. The SMILES string of the molecule is CCCCCCCCCCCCCCCCCCCCCCCCC/C=C/C(O)C(CO)NC(=O)CCCCCCCCCCCCCCCCCCCCCCCCCCCOC(=O)CCCCCCCCCCCCCCCCC. The Hall–Kier alpha value is -1.40. The summed E-state index contributed by atoms with van der Waals surface area (Å²) in [5.41, 5.74) is 0. The van der Waals surface area contributed by atoms with Crippen LogP contribution in [0.4, 0.5) is 0 Å². The average Bonchev–Trinajstić information content (AvgIpc) is 3.48. The zero-order valence-electron chi connectivity index (χ0n) is 56.0. The summed E-state index contributed by atoms with van der Waals surface area (Å²) in [4.78, 5) is 24.6. The Bertz CT molecular complexity index is 1240. The van der Waals surface area contributed by atoms with E-state index in [9.17, 15) is 19.8 Å². The van der Waals surface area contributed by atoms with E-state index in [-0.39, 0.29) is 18.5 Å². The lowest BCUT2D eigenvalue weighted by Gasteiger charge is -2.20. The van der Waals surface area contributed by atoms with Gasteiger partial charge < -0.3 is 20.3 Å². The van der Waals surface area contributed by atoms with Crippen molar-refractivity contribution in [1.29, 1.82) is 0 Å². The summed E-state index contributed by atoms with van der Waals surface area (Å²) in [6.07, 6.45) is 90.3. The Kier molecular flexibility index (Phi) is 70.8. The second kappa shape index (κ2) is 72.1. The number of aliphatic hydroxyl groups is 2. The largest absolute Gasteiger partial charge is 0.466 e. The molecule has 6 heteroatoms. The van der Waals surface area contributed by atoms with Gasteiger partial charge in [-0.15, -0.1) is 0 Å². The van der Waals surface area contributed by atoms with Crippen LogP contribution < -0.4 is 5.32 Å². The Morgan fingerprint density at radius 1 is 0.329 bits per heavy atom. The molecule has 0 spiro atoms. The fourth-order valence-electron chi connectivity index (χ4n) is 12.3. The molecule has 0 heterocycles. The van der Waals surface area contributed by atoms with Crippen molar-refractivity contribution in [3.63, 3.8) is 0 Å². The lowest BCUT2D eigenvalue weighted by atomic mass is 10.0. The molecule has 2 atom stereocenters. The van der Waals surface area contributed by atoms with Gasteiger partial charge in [0.1, 0.15) is 0 Å². The number of nitrogens with one attached hydrogen (secondary N) is 1. The van der Waals surface area contributed by atoms with Gasteiger partial charge in [0.05, 0.1) is 25.4 Å². The maximum atomic E-state index is 12.5. The molecule has 3 N–H and O–H groups in total. The summed E-state index contributed by atoms with van der Waals surface area (Å²) < 4.78 is 5.50. The minimum absolute atomic E-state index is 0.0202. The number of amides is 1. The first-order valence-electron chi connectivity index (χ1n) is 38.0. The number of aliphatic hydroxyl groups excluding tert-OH is 2. The van der Waals surface area contributed by atoms with Crippen LogP contribution in [0.5, 0.6) is 0 Å². The predicted octanol–water partition coefficient (Wildman–Crippen LogP) is 24.7. The van der Waals surface area contributed by atoms with Crippen molar-refractivity contribution in [1.82, 2.24) is 5.32 Å². The number of unbranched alkanes of at least 4 members (excludes halogenated alkanes) is 61. The molecule has 0 aliphatic carbocycles. The van der Waals surface area contributed by atoms with Crippen molar-refractivity contribution in [2.24, 2.45) is 0 Å². The first-order chi connectivity index (χ1) is 40.5. The predicted molar refractivity (Wildman–Crippen MR) is 361 cm³/mol. The van der Waals surface area contributed by atoms with Gasteiger partial charge in [-0.25, -0.2) is 0 Å². The van der Waals surface area contributed by atoms with Crippen molar-refractivity contribution in [3.05, 3.63) is 12.2 Å². The molecule has 2 unspecified atom stereocenters. The van der Waals surface area contributed by atoms with Crippen LogP contribution >= 0.6 is 0 Å². The molecule has 0 bridgehead atoms. The summed E-state index contributed by atoms with van der Waals surface area (Å²) in [5, 5.41) is 23.3. The van der Waals surface area contributed by atoms with Gasteiger partial charge in [0.2, 0.25) is 5.91 Å². The molecule has 0 aromatic rings. The highest BCUT2D eigenvalue weighted by Crippen LogP contribution is 2.20. The number of hydrogen-bond donors (Lipinski definition) is 3. The molecule has 0 radical (unpaired) electrons. The van der Waals surface area contributed by atoms with Crippen molar-refractivity contribution in [2.75, 3.05) is 13.2 Å². The maximum absolute atomic E-state index is 12.5. The van der Waals surface area contributed by atoms with E-state index >= 15 is 0 Å². The van der Waals surface area contributed by atoms with Crippen LogP contribution in [0.15, 0.2) is 12.2 Å². The van der Waals surface area contributed by atoms with E-state index < -0.39 is 12.1 Å². The topological polar surface area (TPSA) is 95.9 Å². The Balaban J connectivity index is 3.38. The van der Waals surface area contributed by atoms with Crippen LogP contribution in [0, 0.1) is 0 Å². The van der Waals surface area contributed by atoms with Gasteiger partial charge in [0.25, 0.3) is 0 Å². The van der Waals surface area contributed by atoms with E-state index in [4.69, 9.17) is 4.74 Å². The quantitative estimate of drug-likeness (QED) is 0.0320. The summed E-state index contributed by atoms with van der Waals surface area (Å²) >= 11 is 0. The molecular formula is C76H149NO5. The Labute approximate surface area is 514 Å². The third kappa shape index (κ3) is 67.7. The highest BCUT2D eigenvalue weighted by atomic mass is 16.5. The van der Waals surface area contributed by atoms with Crippen LogP contribution in [-0.2, 0) is 14.3 Å². The first-order valence-corrected chi connectivity index (χ1v) is 38.0. The normalized spacial score (nSPS) is 12.5. The lowest BCUT2D eigenvalue weighted by Crippen LogP contribution is -2.45. The zero-order chi connectivity index (χ0) is 59.2. The molecule has 0 saturated carbocycles. The molecule has 0 aliphatic rings. The fourth-order valence-corrected chi connectivity index (χ4v) is 12.3. The first kappa shape index (κ1) is 80.6. The number of esters is 1. The van der Waals surface area contributed by atoms with E-state index in [1.54, 1.807) is 6.08 Å². The number of rotatable bonds is 72. The number of hydrogen-bond acceptors (Lipinski definition) is 5. The van der Waals surface area contributed by atoms with E-state index in [1.165, 1.54) is 372 Å². The van der Waals surface area contributed by atoms with E-state index in [0.29, 0.717) is 19.4 Å². The highest BCUT2D eigenvalue weighted by molar-refractivity contribution is 5.76. The van der Waals surface area contributed by atoms with Gasteiger partial charge in [0.15, 0.2) is 0 Å². The molecular weight excluding hydrogens is 1010 g/mol. The van der Waals surface area contributed by atoms with E-state index in [2.05, 4.69) is 19.2 Å². The zero-order valence-corrected chi connectivity index (χ0v) is 56.0. The fraction of sp³-hybridized carbons (Fsp3) is 0.947. The minimum Gasteiger partial charge on any atom is -0.466 e. The molecule has 0 aliphatic heterocycles. The van der Waals surface area contributed by atoms with Crippen LogP contribution in [-0.4, -0.2) is 47.4 Å². The van der Waals surface area contributed by atoms with Crippen molar-refractivity contribution in [2.45, 2.75) is 450 Å². The Morgan fingerprint density at radius 3 is 0.829 bits per heavy atom. The number of allylic oxidation sites excluding steroid dienone is 1. The van der Waals surface area contributed by atoms with Crippen LogP contribution in [0.2, 0.25) is 0 Å². The molecule has 1 amide bonds. The second-order valence-corrected chi connectivity index (χ2v) is 26.4. The minimum atomic E-state index is -0.844.